The quantitative estimate of drug-likeness (QED) is 0.604. The maximum atomic E-state index is 14.0. The number of morpholine rings is 1. The number of thioether (sulfide) groups is 1. The maximum Gasteiger partial charge on any atom is 0.232 e. The van der Waals surface area contributed by atoms with Crippen LogP contribution in [0, 0.1) is 18.6 Å². The number of anilines is 1. The summed E-state index contributed by atoms with van der Waals surface area (Å²) < 4.78 is 34.9. The molecule has 2 heterocycles. The topological polar surface area (TPSA) is 43.2 Å². The van der Waals surface area contributed by atoms with Crippen molar-refractivity contribution in [3.8, 4) is 5.69 Å². The molecule has 3 aromatic rings. The normalized spacial score (nSPS) is 14.5. The van der Waals surface area contributed by atoms with Gasteiger partial charge in [0.15, 0.2) is 16.8 Å². The van der Waals surface area contributed by atoms with Crippen LogP contribution in [0.25, 0.3) is 5.69 Å². The van der Waals surface area contributed by atoms with Gasteiger partial charge in [0.25, 0.3) is 0 Å². The van der Waals surface area contributed by atoms with Crippen LogP contribution in [0.15, 0.2) is 47.6 Å². The van der Waals surface area contributed by atoms with Crippen LogP contribution in [0.3, 0.4) is 0 Å². The van der Waals surface area contributed by atoms with Gasteiger partial charge >= 0.3 is 0 Å². The Kier molecular flexibility index (Phi) is 5.59. The summed E-state index contributed by atoms with van der Waals surface area (Å²) in [6.45, 7) is 4.76. The first-order chi connectivity index (χ1) is 13.6. The molecule has 0 amide bonds. The summed E-state index contributed by atoms with van der Waals surface area (Å²) in [4.78, 5) is 2.13. The molecule has 1 aliphatic heterocycles. The lowest BCUT2D eigenvalue weighted by Gasteiger charge is -2.28. The van der Waals surface area contributed by atoms with Crippen LogP contribution in [-0.2, 0) is 10.5 Å². The molecule has 1 saturated heterocycles. The molecule has 4 rings (SSSR count). The fourth-order valence-corrected chi connectivity index (χ4v) is 4.04. The standard InChI is InChI=1S/C20H20F2N4OS/c1-14-4-2-6-16(12-14)26-19(25-8-10-27-11-9-25)23-24-20(26)28-13-15-5-3-7-17(21)18(15)22/h2-7,12H,8-11,13H2,1H3. The van der Waals surface area contributed by atoms with Crippen molar-refractivity contribution in [1.82, 2.24) is 14.8 Å². The predicted molar refractivity (Wildman–Crippen MR) is 105 cm³/mol. The lowest BCUT2D eigenvalue weighted by Crippen LogP contribution is -2.37. The van der Waals surface area contributed by atoms with Crippen LogP contribution in [0.1, 0.15) is 11.1 Å². The summed E-state index contributed by atoms with van der Waals surface area (Å²) in [6.07, 6.45) is 0. The summed E-state index contributed by atoms with van der Waals surface area (Å²) in [5, 5.41) is 9.37. The van der Waals surface area contributed by atoms with E-state index in [1.165, 1.54) is 17.8 Å². The molecule has 146 valence electrons. The second kappa shape index (κ2) is 8.28. The highest BCUT2D eigenvalue weighted by atomic mass is 32.2. The number of aromatic nitrogens is 3. The Labute approximate surface area is 166 Å². The molecular formula is C20H20F2N4OS. The Balaban J connectivity index is 1.68. The fourth-order valence-electron chi connectivity index (χ4n) is 3.12. The third-order valence-corrected chi connectivity index (χ3v) is 5.54. The van der Waals surface area contributed by atoms with E-state index in [9.17, 15) is 8.78 Å². The van der Waals surface area contributed by atoms with Crippen molar-refractivity contribution in [3.05, 3.63) is 65.2 Å². The van der Waals surface area contributed by atoms with Crippen LogP contribution in [0.4, 0.5) is 14.7 Å². The van der Waals surface area contributed by atoms with Crippen LogP contribution < -0.4 is 4.90 Å². The molecule has 0 radical (unpaired) electrons. The minimum atomic E-state index is -0.841. The Morgan fingerprint density at radius 3 is 2.64 bits per heavy atom. The average molecular weight is 402 g/mol. The van der Waals surface area contributed by atoms with Crippen molar-refractivity contribution < 1.29 is 13.5 Å². The Morgan fingerprint density at radius 2 is 1.86 bits per heavy atom. The van der Waals surface area contributed by atoms with Gasteiger partial charge in [-0.2, -0.15) is 0 Å². The molecule has 8 heteroatoms. The first-order valence-corrected chi connectivity index (χ1v) is 10.0. The van der Waals surface area contributed by atoms with Gasteiger partial charge in [0.05, 0.1) is 18.9 Å². The largest absolute Gasteiger partial charge is 0.378 e. The van der Waals surface area contributed by atoms with E-state index in [-0.39, 0.29) is 5.75 Å². The number of ether oxygens (including phenoxy) is 1. The summed E-state index contributed by atoms with van der Waals surface area (Å²) in [5.41, 5.74) is 2.36. The zero-order chi connectivity index (χ0) is 19.5. The minimum Gasteiger partial charge on any atom is -0.378 e. The molecule has 28 heavy (non-hydrogen) atoms. The number of hydrogen-bond donors (Lipinski definition) is 0. The molecule has 0 spiro atoms. The molecule has 2 aromatic carbocycles. The van der Waals surface area contributed by atoms with E-state index >= 15 is 0 Å². The monoisotopic (exact) mass is 402 g/mol. The molecule has 1 aromatic heterocycles. The van der Waals surface area contributed by atoms with E-state index in [0.717, 1.165) is 36.4 Å². The SMILES string of the molecule is Cc1cccc(-n2c(SCc3cccc(F)c3F)nnc2N2CCOCC2)c1. The van der Waals surface area contributed by atoms with Crippen molar-refractivity contribution in [2.75, 3.05) is 31.2 Å². The molecule has 0 aliphatic carbocycles. The molecule has 0 N–H and O–H groups in total. The van der Waals surface area contributed by atoms with E-state index < -0.39 is 11.6 Å². The van der Waals surface area contributed by atoms with Crippen LogP contribution >= 0.6 is 11.8 Å². The van der Waals surface area contributed by atoms with Gasteiger partial charge in [-0.15, -0.1) is 10.2 Å². The smallest absolute Gasteiger partial charge is 0.232 e. The summed E-state index contributed by atoms with van der Waals surface area (Å²) in [6, 6.07) is 12.3. The number of aryl methyl sites for hydroxylation is 1. The number of rotatable bonds is 5. The second-order valence-corrected chi connectivity index (χ2v) is 7.50. The number of nitrogens with zero attached hydrogens (tertiary/aromatic N) is 4. The van der Waals surface area contributed by atoms with Gasteiger partial charge in [-0.25, -0.2) is 8.78 Å². The third-order valence-electron chi connectivity index (χ3n) is 4.56. The van der Waals surface area contributed by atoms with Crippen molar-refractivity contribution in [1.29, 1.82) is 0 Å². The number of benzene rings is 2. The molecule has 0 saturated carbocycles. The Bertz CT molecular complexity index is 973. The summed E-state index contributed by atoms with van der Waals surface area (Å²) in [5.74, 6) is -0.662. The summed E-state index contributed by atoms with van der Waals surface area (Å²) >= 11 is 1.33. The first kappa shape index (κ1) is 18.9. The molecule has 5 nitrogen and oxygen atoms in total. The highest BCUT2D eigenvalue weighted by Crippen LogP contribution is 2.30. The van der Waals surface area contributed by atoms with Gasteiger partial charge < -0.3 is 9.64 Å². The highest BCUT2D eigenvalue weighted by molar-refractivity contribution is 7.98. The van der Waals surface area contributed by atoms with E-state index in [1.54, 1.807) is 6.07 Å². The van der Waals surface area contributed by atoms with E-state index in [4.69, 9.17) is 4.74 Å². The zero-order valence-electron chi connectivity index (χ0n) is 15.4. The zero-order valence-corrected chi connectivity index (χ0v) is 16.3. The first-order valence-electron chi connectivity index (χ1n) is 9.04. The van der Waals surface area contributed by atoms with Crippen LogP contribution in [0.2, 0.25) is 0 Å². The average Bonchev–Trinajstić information content (AvgIpc) is 3.14. The van der Waals surface area contributed by atoms with Gasteiger partial charge in [0, 0.05) is 24.4 Å². The molecular weight excluding hydrogens is 382 g/mol. The molecule has 0 unspecified atom stereocenters. The van der Waals surface area contributed by atoms with Gasteiger partial charge in [-0.1, -0.05) is 36.0 Å². The number of halogens is 2. The van der Waals surface area contributed by atoms with Crippen LogP contribution in [-0.4, -0.2) is 41.1 Å². The Morgan fingerprint density at radius 1 is 1.07 bits per heavy atom. The highest BCUT2D eigenvalue weighted by Gasteiger charge is 2.22. The molecule has 0 bridgehead atoms. The van der Waals surface area contributed by atoms with E-state index in [2.05, 4.69) is 21.2 Å². The van der Waals surface area contributed by atoms with Crippen molar-refractivity contribution in [2.45, 2.75) is 17.8 Å². The maximum absolute atomic E-state index is 14.0. The van der Waals surface area contributed by atoms with Gasteiger partial charge in [-0.05, 0) is 30.7 Å². The lowest BCUT2D eigenvalue weighted by molar-refractivity contribution is 0.122. The fraction of sp³-hybridized carbons (Fsp3) is 0.300. The van der Waals surface area contributed by atoms with Crippen molar-refractivity contribution in [2.24, 2.45) is 0 Å². The second-order valence-electron chi connectivity index (χ2n) is 6.56. The van der Waals surface area contributed by atoms with Gasteiger partial charge in [0.2, 0.25) is 5.95 Å². The predicted octanol–water partition coefficient (Wildman–Crippen LogP) is 3.98. The molecule has 1 aliphatic rings. The number of hydrogen-bond acceptors (Lipinski definition) is 5. The van der Waals surface area contributed by atoms with E-state index in [0.29, 0.717) is 23.9 Å². The minimum absolute atomic E-state index is 0.261. The van der Waals surface area contributed by atoms with Crippen LogP contribution in [0.5, 0.6) is 0 Å². The van der Waals surface area contributed by atoms with Crippen molar-refractivity contribution >= 4 is 17.7 Å². The third kappa shape index (κ3) is 3.88. The Hall–Kier alpha value is -2.45. The van der Waals surface area contributed by atoms with Gasteiger partial charge in [-0.3, -0.25) is 4.57 Å². The van der Waals surface area contributed by atoms with Gasteiger partial charge in [0.1, 0.15) is 0 Å². The molecule has 1 fully saturated rings. The lowest BCUT2D eigenvalue weighted by atomic mass is 10.2. The molecule has 0 atom stereocenters. The van der Waals surface area contributed by atoms with Crippen molar-refractivity contribution in [3.63, 3.8) is 0 Å². The summed E-state index contributed by atoms with van der Waals surface area (Å²) in [7, 11) is 0. The van der Waals surface area contributed by atoms with E-state index in [1.807, 2.05) is 29.7 Å².